The molecule has 3 rings (SSSR count). The molecule has 0 aromatic rings. The first-order valence-corrected chi connectivity index (χ1v) is 10.4. The van der Waals surface area contributed by atoms with Crippen LogP contribution < -0.4 is 0 Å². The zero-order chi connectivity index (χ0) is 24.8. The van der Waals surface area contributed by atoms with Crippen LogP contribution in [0.5, 0.6) is 0 Å². The summed E-state index contributed by atoms with van der Waals surface area (Å²) in [5.74, 6) is 0. The van der Waals surface area contributed by atoms with Gasteiger partial charge >= 0.3 is 0 Å². The van der Waals surface area contributed by atoms with Crippen molar-refractivity contribution in [2.75, 3.05) is 13.2 Å². The number of hydrogen-bond donors (Lipinski definition) is 11. The van der Waals surface area contributed by atoms with Crippen LogP contribution in [0, 0.1) is 0 Å². The molecule has 0 saturated carbocycles. The molecule has 3 fully saturated rings. The molecule has 0 aromatic heterocycles. The monoisotopic (exact) mass is 488 g/mol. The highest BCUT2D eigenvalue weighted by molar-refractivity contribution is 5.12. The van der Waals surface area contributed by atoms with Gasteiger partial charge in [0, 0.05) is 0 Å². The Morgan fingerprint density at radius 2 is 1.30 bits per heavy atom. The summed E-state index contributed by atoms with van der Waals surface area (Å²) in [6, 6.07) is 0. The van der Waals surface area contributed by atoms with Gasteiger partial charge in [-0.2, -0.15) is 0 Å². The van der Waals surface area contributed by atoms with E-state index >= 15 is 0 Å². The molecule has 194 valence electrons. The van der Waals surface area contributed by atoms with E-state index in [1.54, 1.807) is 0 Å². The van der Waals surface area contributed by atoms with E-state index in [1.807, 2.05) is 0 Å². The van der Waals surface area contributed by atoms with Crippen molar-refractivity contribution in [3.05, 3.63) is 0 Å². The predicted octanol–water partition coefficient (Wildman–Crippen LogP) is -7.16. The van der Waals surface area contributed by atoms with Gasteiger partial charge in [-0.05, 0) is 6.92 Å². The molecule has 0 spiro atoms. The standard InChI is InChI=1S/C18H32O15/c1-4-7(21)8(22)10(24)15(30-4)18(29)13(26)6(3-20)32-17(14(18)27)33-12-5(2-19)31-16(28)11(25)9(12)23/h4-17,19-29H,2-3H2,1H3/t4-,5+,6+,7+,8+,9+,10-,11+,12+,13-,14-,15?,16?,17-,18-/m0/s1. The Bertz CT molecular complexity index is 652. The van der Waals surface area contributed by atoms with Crippen LogP contribution in [0.4, 0.5) is 0 Å². The van der Waals surface area contributed by atoms with Gasteiger partial charge in [-0.3, -0.25) is 0 Å². The van der Waals surface area contributed by atoms with Crippen molar-refractivity contribution in [1.29, 1.82) is 0 Å². The fourth-order valence-corrected chi connectivity index (χ4v) is 4.42. The van der Waals surface area contributed by atoms with E-state index in [4.69, 9.17) is 18.9 Å². The maximum atomic E-state index is 11.3. The van der Waals surface area contributed by atoms with Gasteiger partial charge in [0.2, 0.25) is 0 Å². The molecule has 15 nitrogen and oxygen atoms in total. The van der Waals surface area contributed by atoms with Gasteiger partial charge in [0.1, 0.15) is 67.1 Å². The van der Waals surface area contributed by atoms with Gasteiger partial charge in [0.15, 0.2) is 18.2 Å². The Morgan fingerprint density at radius 3 is 1.88 bits per heavy atom. The average Bonchev–Trinajstić information content (AvgIpc) is 2.80. The summed E-state index contributed by atoms with van der Waals surface area (Å²) in [5, 5.41) is 112. The maximum Gasteiger partial charge on any atom is 0.187 e. The lowest BCUT2D eigenvalue weighted by Gasteiger charge is -2.55. The van der Waals surface area contributed by atoms with E-state index in [1.165, 1.54) is 6.92 Å². The van der Waals surface area contributed by atoms with Gasteiger partial charge in [0.25, 0.3) is 0 Å². The molecule has 33 heavy (non-hydrogen) atoms. The molecule has 0 bridgehead atoms. The fraction of sp³-hybridized carbons (Fsp3) is 1.00. The first-order valence-electron chi connectivity index (χ1n) is 10.4. The lowest BCUT2D eigenvalue weighted by Crippen LogP contribution is -2.77. The Kier molecular flexibility index (Phi) is 8.32. The Hall–Kier alpha value is -0.600. The third-order valence-corrected chi connectivity index (χ3v) is 6.48. The summed E-state index contributed by atoms with van der Waals surface area (Å²) in [6.07, 6.45) is -25.1. The minimum atomic E-state index is -2.85. The Morgan fingerprint density at radius 1 is 0.697 bits per heavy atom. The van der Waals surface area contributed by atoms with E-state index in [0.717, 1.165) is 0 Å². The van der Waals surface area contributed by atoms with Gasteiger partial charge < -0.3 is 75.1 Å². The third kappa shape index (κ3) is 4.53. The highest BCUT2D eigenvalue weighted by Crippen LogP contribution is 2.40. The van der Waals surface area contributed by atoms with Crippen molar-refractivity contribution in [2.45, 2.75) is 98.4 Å². The highest BCUT2D eigenvalue weighted by atomic mass is 16.7. The van der Waals surface area contributed by atoms with Crippen molar-refractivity contribution in [3.63, 3.8) is 0 Å². The number of hydrogen-bond acceptors (Lipinski definition) is 15. The van der Waals surface area contributed by atoms with Crippen molar-refractivity contribution in [2.24, 2.45) is 0 Å². The second kappa shape index (κ2) is 10.2. The average molecular weight is 488 g/mol. The Labute approximate surface area is 187 Å². The van der Waals surface area contributed by atoms with Crippen LogP contribution in [0.2, 0.25) is 0 Å². The van der Waals surface area contributed by atoms with E-state index in [9.17, 15) is 56.2 Å². The second-order valence-electron chi connectivity index (χ2n) is 8.57. The van der Waals surface area contributed by atoms with Crippen molar-refractivity contribution >= 4 is 0 Å². The number of aliphatic hydroxyl groups excluding tert-OH is 10. The minimum absolute atomic E-state index is 0.809. The summed E-state index contributed by atoms with van der Waals surface area (Å²) in [6.45, 7) is -0.426. The van der Waals surface area contributed by atoms with Crippen molar-refractivity contribution < 1.29 is 75.1 Å². The zero-order valence-corrected chi connectivity index (χ0v) is 17.5. The molecule has 3 saturated heterocycles. The summed E-state index contributed by atoms with van der Waals surface area (Å²) in [4.78, 5) is 0. The number of aliphatic hydroxyl groups is 11. The quantitative estimate of drug-likeness (QED) is 0.172. The Balaban J connectivity index is 1.91. The molecule has 11 N–H and O–H groups in total. The summed E-state index contributed by atoms with van der Waals surface area (Å²) < 4.78 is 21.1. The number of rotatable bonds is 5. The largest absolute Gasteiger partial charge is 0.394 e. The molecule has 0 amide bonds. The molecule has 15 heteroatoms. The van der Waals surface area contributed by atoms with Crippen LogP contribution in [0.1, 0.15) is 6.92 Å². The van der Waals surface area contributed by atoms with Crippen LogP contribution in [-0.2, 0) is 18.9 Å². The molecule has 0 aliphatic carbocycles. The van der Waals surface area contributed by atoms with Crippen LogP contribution >= 0.6 is 0 Å². The predicted molar refractivity (Wildman–Crippen MR) is 99.9 cm³/mol. The lowest BCUT2D eigenvalue weighted by atomic mass is 9.74. The first-order chi connectivity index (χ1) is 15.4. The normalized spacial score (nSPS) is 56.0. The maximum absolute atomic E-state index is 11.3. The second-order valence-corrected chi connectivity index (χ2v) is 8.57. The molecule has 3 aliphatic heterocycles. The van der Waals surface area contributed by atoms with E-state index in [-0.39, 0.29) is 0 Å². The van der Waals surface area contributed by atoms with E-state index < -0.39 is 105 Å². The molecule has 3 aliphatic rings. The first kappa shape index (κ1) is 27.0. The van der Waals surface area contributed by atoms with E-state index in [2.05, 4.69) is 0 Å². The molecular weight excluding hydrogens is 456 g/mol. The van der Waals surface area contributed by atoms with Crippen LogP contribution in [0.15, 0.2) is 0 Å². The molecule has 2 unspecified atom stereocenters. The highest BCUT2D eigenvalue weighted by Gasteiger charge is 2.65. The molecular formula is C18H32O15. The molecule has 15 atom stereocenters. The van der Waals surface area contributed by atoms with Crippen molar-refractivity contribution in [3.8, 4) is 0 Å². The lowest BCUT2D eigenvalue weighted by molar-refractivity contribution is -0.392. The third-order valence-electron chi connectivity index (χ3n) is 6.48. The summed E-state index contributed by atoms with van der Waals surface area (Å²) in [5.41, 5.74) is -2.85. The topological polar surface area (TPSA) is 259 Å². The van der Waals surface area contributed by atoms with Gasteiger partial charge in [-0.15, -0.1) is 0 Å². The van der Waals surface area contributed by atoms with Crippen molar-refractivity contribution in [1.82, 2.24) is 0 Å². The van der Waals surface area contributed by atoms with Gasteiger partial charge in [0.05, 0.1) is 19.3 Å². The molecule has 3 heterocycles. The number of ether oxygens (including phenoxy) is 4. The van der Waals surface area contributed by atoms with Gasteiger partial charge in [-0.1, -0.05) is 0 Å². The zero-order valence-electron chi connectivity index (χ0n) is 17.5. The van der Waals surface area contributed by atoms with E-state index in [0.29, 0.717) is 0 Å². The minimum Gasteiger partial charge on any atom is -0.394 e. The van der Waals surface area contributed by atoms with Crippen LogP contribution in [0.25, 0.3) is 0 Å². The van der Waals surface area contributed by atoms with Crippen LogP contribution in [-0.4, -0.2) is 161 Å². The SMILES string of the molecule is C[C@@H]1OC([C@@]2(O)[C@@H](O)[C@H](O[C@H]3[C@H](O)[C@@H](O)C(O)O[C@@H]3CO)O[C@H](CO)[C@@H]2O)[C@@H](O)[C@H](O)[C@@H]1O. The fourth-order valence-electron chi connectivity index (χ4n) is 4.42. The molecule has 0 radical (unpaired) electrons. The summed E-state index contributed by atoms with van der Waals surface area (Å²) >= 11 is 0. The summed E-state index contributed by atoms with van der Waals surface area (Å²) in [7, 11) is 0. The molecule has 0 aromatic carbocycles. The van der Waals surface area contributed by atoms with Crippen LogP contribution in [0.3, 0.4) is 0 Å². The van der Waals surface area contributed by atoms with Gasteiger partial charge in [-0.25, -0.2) is 0 Å². The smallest absolute Gasteiger partial charge is 0.187 e.